The van der Waals surface area contributed by atoms with E-state index in [1.165, 1.54) is 5.56 Å². The van der Waals surface area contributed by atoms with Crippen LogP contribution in [0.4, 0.5) is 0 Å². The number of carbonyl (C=O) groups is 1. The average molecular weight is 356 g/mol. The molecule has 0 spiro atoms. The van der Waals surface area contributed by atoms with Crippen molar-refractivity contribution in [1.29, 1.82) is 0 Å². The zero-order valence-corrected chi connectivity index (χ0v) is 15.0. The van der Waals surface area contributed by atoms with Crippen LogP contribution in [0.5, 0.6) is 0 Å². The fraction of sp³-hybridized carbons (Fsp3) is 0.136. The van der Waals surface area contributed by atoms with E-state index in [0.29, 0.717) is 0 Å². The number of aromatic nitrogens is 3. The first-order valence-corrected chi connectivity index (χ1v) is 8.94. The Labute approximate surface area is 157 Å². The third kappa shape index (κ3) is 3.72. The second-order valence-electron chi connectivity index (χ2n) is 6.51. The van der Waals surface area contributed by atoms with Crippen molar-refractivity contribution >= 4 is 16.9 Å². The summed E-state index contributed by atoms with van der Waals surface area (Å²) in [6.07, 6.45) is 0. The molecule has 0 saturated heterocycles. The van der Waals surface area contributed by atoms with Gasteiger partial charge in [-0.3, -0.25) is 4.79 Å². The monoisotopic (exact) mass is 356 g/mol. The molecule has 1 aromatic heterocycles. The summed E-state index contributed by atoms with van der Waals surface area (Å²) in [5.41, 5.74) is 5.04. The number of para-hydroxylation sites is 1. The van der Waals surface area contributed by atoms with Crippen molar-refractivity contribution in [3.63, 3.8) is 0 Å². The summed E-state index contributed by atoms with van der Waals surface area (Å²) in [5, 5.41) is 11.2. The molecule has 0 aliphatic carbocycles. The van der Waals surface area contributed by atoms with Crippen LogP contribution < -0.4 is 5.32 Å². The molecule has 5 nitrogen and oxygen atoms in total. The van der Waals surface area contributed by atoms with Gasteiger partial charge in [0.05, 0.1) is 11.6 Å². The summed E-state index contributed by atoms with van der Waals surface area (Å²) >= 11 is 0. The second kappa shape index (κ2) is 7.41. The quantitative estimate of drug-likeness (QED) is 0.588. The minimum atomic E-state index is -0.0923. The molecule has 1 heterocycles. The van der Waals surface area contributed by atoms with Gasteiger partial charge in [0.25, 0.3) is 0 Å². The maximum atomic E-state index is 12.4. The highest BCUT2D eigenvalue weighted by Gasteiger charge is 2.12. The Bertz CT molecular complexity index is 1050. The van der Waals surface area contributed by atoms with Crippen LogP contribution in [0.3, 0.4) is 0 Å². The van der Waals surface area contributed by atoms with E-state index in [2.05, 4.69) is 52.0 Å². The van der Waals surface area contributed by atoms with Crippen LogP contribution in [0, 0.1) is 0 Å². The minimum Gasteiger partial charge on any atom is -0.348 e. The molecule has 134 valence electrons. The number of carbonyl (C=O) groups excluding carboxylic acids is 1. The molecule has 4 aromatic rings. The summed E-state index contributed by atoms with van der Waals surface area (Å²) in [6, 6.07) is 26.0. The van der Waals surface area contributed by atoms with Crippen LogP contribution in [0.15, 0.2) is 78.9 Å². The fourth-order valence-electron chi connectivity index (χ4n) is 3.14. The standard InChI is InChI=1S/C22H20N4O/c1-16(17-11-13-19(14-12-17)18-7-3-2-4-8-18)23-22(27)15-26-21-10-6-5-9-20(21)24-25-26/h2-14,16H,15H2,1H3,(H,23,27). The number of benzene rings is 3. The number of amides is 1. The number of nitrogens with one attached hydrogen (secondary N) is 1. The molecule has 0 bridgehead atoms. The maximum absolute atomic E-state index is 12.4. The Kier molecular flexibility index (Phi) is 4.66. The van der Waals surface area contributed by atoms with E-state index in [-0.39, 0.29) is 18.5 Å². The SMILES string of the molecule is CC(NC(=O)Cn1nnc2ccccc21)c1ccc(-c2ccccc2)cc1. The number of rotatable bonds is 5. The first kappa shape index (κ1) is 17.0. The fourth-order valence-corrected chi connectivity index (χ4v) is 3.14. The molecule has 27 heavy (non-hydrogen) atoms. The lowest BCUT2D eigenvalue weighted by Gasteiger charge is -2.15. The third-order valence-electron chi connectivity index (χ3n) is 4.61. The molecule has 3 aromatic carbocycles. The lowest BCUT2D eigenvalue weighted by Crippen LogP contribution is -2.30. The molecule has 1 N–H and O–H groups in total. The maximum Gasteiger partial charge on any atom is 0.242 e. The zero-order chi connectivity index (χ0) is 18.6. The van der Waals surface area contributed by atoms with Gasteiger partial charge in [-0.05, 0) is 35.7 Å². The minimum absolute atomic E-state index is 0.0860. The highest BCUT2D eigenvalue weighted by Crippen LogP contribution is 2.21. The van der Waals surface area contributed by atoms with Crippen LogP contribution in [-0.2, 0) is 11.3 Å². The normalized spacial score (nSPS) is 12.0. The highest BCUT2D eigenvalue weighted by molar-refractivity contribution is 5.80. The lowest BCUT2D eigenvalue weighted by atomic mass is 10.0. The van der Waals surface area contributed by atoms with Crippen molar-refractivity contribution in [2.45, 2.75) is 19.5 Å². The van der Waals surface area contributed by atoms with Crippen molar-refractivity contribution in [1.82, 2.24) is 20.3 Å². The largest absolute Gasteiger partial charge is 0.348 e. The zero-order valence-electron chi connectivity index (χ0n) is 15.0. The Morgan fingerprint density at radius 1 is 0.926 bits per heavy atom. The molecule has 1 unspecified atom stereocenters. The number of hydrogen-bond acceptors (Lipinski definition) is 3. The van der Waals surface area contributed by atoms with E-state index in [4.69, 9.17) is 0 Å². The predicted octanol–water partition coefficient (Wildman–Crippen LogP) is 3.98. The van der Waals surface area contributed by atoms with Gasteiger partial charge in [-0.25, -0.2) is 4.68 Å². The average Bonchev–Trinajstić information content (AvgIpc) is 3.11. The Morgan fingerprint density at radius 2 is 1.59 bits per heavy atom. The molecule has 1 atom stereocenters. The second-order valence-corrected chi connectivity index (χ2v) is 6.51. The van der Waals surface area contributed by atoms with Crippen LogP contribution in [0.2, 0.25) is 0 Å². The molecule has 1 amide bonds. The molecule has 0 aliphatic rings. The number of nitrogens with zero attached hydrogens (tertiary/aromatic N) is 3. The van der Waals surface area contributed by atoms with Crippen molar-refractivity contribution in [3.8, 4) is 11.1 Å². The van der Waals surface area contributed by atoms with Gasteiger partial charge >= 0.3 is 0 Å². The number of hydrogen-bond donors (Lipinski definition) is 1. The van der Waals surface area contributed by atoms with Gasteiger partial charge in [-0.1, -0.05) is 71.9 Å². The Hall–Kier alpha value is -3.47. The van der Waals surface area contributed by atoms with Gasteiger partial charge in [0.1, 0.15) is 12.1 Å². The van der Waals surface area contributed by atoms with Gasteiger partial charge in [-0.2, -0.15) is 0 Å². The van der Waals surface area contributed by atoms with Crippen molar-refractivity contribution < 1.29 is 4.79 Å². The first-order chi connectivity index (χ1) is 13.2. The van der Waals surface area contributed by atoms with E-state index in [9.17, 15) is 4.79 Å². The molecule has 0 saturated carbocycles. The molecule has 4 rings (SSSR count). The van der Waals surface area contributed by atoms with Crippen molar-refractivity contribution in [2.75, 3.05) is 0 Å². The third-order valence-corrected chi connectivity index (χ3v) is 4.61. The first-order valence-electron chi connectivity index (χ1n) is 8.94. The van der Waals surface area contributed by atoms with Gasteiger partial charge in [0, 0.05) is 0 Å². The molecule has 0 radical (unpaired) electrons. The predicted molar refractivity (Wildman–Crippen MR) is 106 cm³/mol. The smallest absolute Gasteiger partial charge is 0.242 e. The van der Waals surface area contributed by atoms with Crippen LogP contribution in [-0.4, -0.2) is 20.9 Å². The summed E-state index contributed by atoms with van der Waals surface area (Å²) in [7, 11) is 0. The van der Waals surface area contributed by atoms with Crippen LogP contribution in [0.25, 0.3) is 22.2 Å². The van der Waals surface area contributed by atoms with Crippen LogP contribution >= 0.6 is 0 Å². The molecule has 0 aliphatic heterocycles. The molecular weight excluding hydrogens is 336 g/mol. The van der Waals surface area contributed by atoms with Gasteiger partial charge in [0.2, 0.25) is 5.91 Å². The van der Waals surface area contributed by atoms with E-state index in [0.717, 1.165) is 22.2 Å². The summed E-state index contributed by atoms with van der Waals surface area (Å²) in [6.45, 7) is 2.13. The van der Waals surface area contributed by atoms with Gasteiger partial charge in [0.15, 0.2) is 0 Å². The molecular formula is C22H20N4O. The van der Waals surface area contributed by atoms with E-state index >= 15 is 0 Å². The van der Waals surface area contributed by atoms with E-state index < -0.39 is 0 Å². The summed E-state index contributed by atoms with van der Waals surface area (Å²) in [4.78, 5) is 12.4. The topological polar surface area (TPSA) is 59.8 Å². The molecule has 5 heteroatoms. The highest BCUT2D eigenvalue weighted by atomic mass is 16.2. The van der Waals surface area contributed by atoms with E-state index in [1.54, 1.807) is 4.68 Å². The van der Waals surface area contributed by atoms with Crippen LogP contribution in [0.1, 0.15) is 18.5 Å². The molecule has 0 fully saturated rings. The summed E-state index contributed by atoms with van der Waals surface area (Å²) in [5.74, 6) is -0.0923. The summed E-state index contributed by atoms with van der Waals surface area (Å²) < 4.78 is 1.62. The Morgan fingerprint density at radius 3 is 2.37 bits per heavy atom. The lowest BCUT2D eigenvalue weighted by molar-refractivity contribution is -0.122. The van der Waals surface area contributed by atoms with Crippen molar-refractivity contribution in [2.24, 2.45) is 0 Å². The van der Waals surface area contributed by atoms with Gasteiger partial charge < -0.3 is 5.32 Å². The van der Waals surface area contributed by atoms with Gasteiger partial charge in [-0.15, -0.1) is 5.10 Å². The van der Waals surface area contributed by atoms with Crippen molar-refractivity contribution in [3.05, 3.63) is 84.4 Å². The Balaban J connectivity index is 1.42. The van der Waals surface area contributed by atoms with E-state index in [1.807, 2.05) is 49.4 Å². The number of fused-ring (bicyclic) bond motifs is 1.